The van der Waals surface area contributed by atoms with Crippen LogP contribution in [0.15, 0.2) is 60.0 Å². The third-order valence-corrected chi connectivity index (χ3v) is 3.69. The summed E-state index contributed by atoms with van der Waals surface area (Å²) in [5.41, 5.74) is 1.21. The maximum absolute atomic E-state index is 13.7. The van der Waals surface area contributed by atoms with Gasteiger partial charge in [-0.05, 0) is 42.0 Å². The number of pyridine rings is 1. The van der Waals surface area contributed by atoms with Crippen molar-refractivity contribution in [2.45, 2.75) is 13.1 Å². The van der Waals surface area contributed by atoms with Crippen molar-refractivity contribution in [1.82, 2.24) is 25.4 Å². The monoisotopic (exact) mass is 356 g/mol. The molecule has 0 saturated carbocycles. The largest absolute Gasteiger partial charge is 0.352 e. The summed E-state index contributed by atoms with van der Waals surface area (Å²) >= 11 is 0. The van der Waals surface area contributed by atoms with E-state index in [0.717, 1.165) is 23.8 Å². The highest BCUT2D eigenvalue weighted by Gasteiger charge is 2.06. The van der Waals surface area contributed by atoms with Crippen molar-refractivity contribution in [1.29, 1.82) is 0 Å². The topological polar surface area (TPSA) is 67.1 Å². The first-order chi connectivity index (χ1) is 12.7. The fourth-order valence-electron chi connectivity index (χ4n) is 2.36. The van der Waals surface area contributed by atoms with Crippen molar-refractivity contribution in [3.05, 3.63) is 77.8 Å². The van der Waals surface area contributed by atoms with E-state index in [-0.39, 0.29) is 12.1 Å². The molecule has 3 rings (SSSR count). The zero-order valence-electron chi connectivity index (χ0n) is 14.2. The van der Waals surface area contributed by atoms with Crippen LogP contribution in [0, 0.1) is 11.6 Å². The van der Waals surface area contributed by atoms with Gasteiger partial charge < -0.3 is 10.6 Å². The summed E-state index contributed by atoms with van der Waals surface area (Å²) in [5.74, 6) is 0.242. The predicted octanol–water partition coefficient (Wildman–Crippen LogP) is 2.41. The van der Waals surface area contributed by atoms with Crippen molar-refractivity contribution >= 4 is 5.96 Å². The average molecular weight is 356 g/mol. The van der Waals surface area contributed by atoms with Crippen LogP contribution in [0.4, 0.5) is 8.78 Å². The average Bonchev–Trinajstić information content (AvgIpc) is 3.19. The Kier molecular flexibility index (Phi) is 5.52. The van der Waals surface area contributed by atoms with Gasteiger partial charge in [0.05, 0.1) is 0 Å². The van der Waals surface area contributed by atoms with Gasteiger partial charge in [-0.25, -0.2) is 18.4 Å². The highest BCUT2D eigenvalue weighted by Crippen LogP contribution is 2.09. The quantitative estimate of drug-likeness (QED) is 0.544. The van der Waals surface area contributed by atoms with E-state index in [9.17, 15) is 8.78 Å². The van der Waals surface area contributed by atoms with E-state index in [1.165, 1.54) is 0 Å². The lowest BCUT2D eigenvalue weighted by Gasteiger charge is -2.13. The molecule has 8 heteroatoms. The minimum atomic E-state index is -0.478. The van der Waals surface area contributed by atoms with Crippen LogP contribution in [0.1, 0.15) is 11.1 Å². The lowest BCUT2D eigenvalue weighted by molar-refractivity contribution is 0.581. The van der Waals surface area contributed by atoms with Gasteiger partial charge in [0, 0.05) is 44.3 Å². The highest BCUT2D eigenvalue weighted by molar-refractivity contribution is 5.79. The Hall–Kier alpha value is -3.29. The number of aromatic nitrogens is 3. The number of hydrogen-bond acceptors (Lipinski definition) is 3. The van der Waals surface area contributed by atoms with Crippen LogP contribution < -0.4 is 10.6 Å². The summed E-state index contributed by atoms with van der Waals surface area (Å²) in [7, 11) is 1.61. The highest BCUT2D eigenvalue weighted by atomic mass is 19.1. The van der Waals surface area contributed by atoms with Gasteiger partial charge in [0.25, 0.3) is 0 Å². The first kappa shape index (κ1) is 17.5. The van der Waals surface area contributed by atoms with Crippen LogP contribution in [0.5, 0.6) is 0 Å². The Morgan fingerprint density at radius 2 is 1.96 bits per heavy atom. The van der Waals surface area contributed by atoms with Crippen LogP contribution in [0.2, 0.25) is 0 Å². The Labute approximate surface area is 149 Å². The molecule has 134 valence electrons. The number of benzene rings is 1. The van der Waals surface area contributed by atoms with Crippen molar-refractivity contribution in [3.63, 3.8) is 0 Å². The van der Waals surface area contributed by atoms with Crippen molar-refractivity contribution < 1.29 is 8.78 Å². The van der Waals surface area contributed by atoms with Gasteiger partial charge in [-0.15, -0.1) is 0 Å². The fraction of sp³-hybridized carbons (Fsp3) is 0.167. The minimum Gasteiger partial charge on any atom is -0.352 e. The van der Waals surface area contributed by atoms with E-state index in [2.05, 4.69) is 25.7 Å². The molecule has 26 heavy (non-hydrogen) atoms. The number of halogens is 2. The second kappa shape index (κ2) is 8.19. The molecule has 0 amide bonds. The molecule has 0 aliphatic rings. The molecular formula is C18H18F2N6. The first-order valence-electron chi connectivity index (χ1n) is 7.99. The lowest BCUT2D eigenvalue weighted by Crippen LogP contribution is -2.36. The Balaban J connectivity index is 1.59. The van der Waals surface area contributed by atoms with Gasteiger partial charge in [-0.1, -0.05) is 0 Å². The molecule has 6 nitrogen and oxygen atoms in total. The molecule has 0 fully saturated rings. The van der Waals surface area contributed by atoms with E-state index in [1.807, 2.05) is 24.4 Å². The normalized spacial score (nSPS) is 11.4. The smallest absolute Gasteiger partial charge is 0.191 e. The molecule has 0 bridgehead atoms. The summed E-state index contributed by atoms with van der Waals surface area (Å²) in [6.45, 7) is 0.611. The number of rotatable bonds is 5. The predicted molar refractivity (Wildman–Crippen MR) is 94.8 cm³/mol. The molecule has 0 radical (unpaired) electrons. The number of nitrogens with zero attached hydrogens (tertiary/aromatic N) is 4. The molecule has 0 aliphatic carbocycles. The van der Waals surface area contributed by atoms with E-state index < -0.39 is 11.6 Å². The van der Waals surface area contributed by atoms with Gasteiger partial charge in [-0.2, -0.15) is 5.10 Å². The lowest BCUT2D eigenvalue weighted by atomic mass is 10.2. The summed E-state index contributed by atoms with van der Waals surface area (Å²) in [5, 5.41) is 10.2. The van der Waals surface area contributed by atoms with Gasteiger partial charge >= 0.3 is 0 Å². The number of hydrogen-bond donors (Lipinski definition) is 2. The Morgan fingerprint density at radius 3 is 2.73 bits per heavy atom. The van der Waals surface area contributed by atoms with Crippen LogP contribution in [0.25, 0.3) is 5.82 Å². The molecule has 0 aliphatic heterocycles. The molecule has 0 atom stereocenters. The first-order valence-corrected chi connectivity index (χ1v) is 7.99. The number of guanidine groups is 1. The van der Waals surface area contributed by atoms with Crippen molar-refractivity contribution in [2.75, 3.05) is 7.05 Å². The molecule has 0 saturated heterocycles. The number of nitrogens with one attached hydrogen (secondary N) is 2. The maximum atomic E-state index is 13.7. The summed E-state index contributed by atoms with van der Waals surface area (Å²) in [4.78, 5) is 8.36. The third-order valence-electron chi connectivity index (χ3n) is 3.69. The minimum absolute atomic E-state index is 0.123. The molecule has 0 unspecified atom stereocenters. The summed E-state index contributed by atoms with van der Waals surface area (Å²) in [6.07, 6.45) is 5.20. The second-order valence-corrected chi connectivity index (χ2v) is 5.49. The van der Waals surface area contributed by atoms with Crippen LogP contribution in [-0.2, 0) is 13.1 Å². The summed E-state index contributed by atoms with van der Waals surface area (Å²) < 4.78 is 28.6. The van der Waals surface area contributed by atoms with Gasteiger partial charge in [0.15, 0.2) is 11.8 Å². The zero-order valence-corrected chi connectivity index (χ0v) is 14.2. The van der Waals surface area contributed by atoms with E-state index in [0.29, 0.717) is 18.3 Å². The molecule has 2 heterocycles. The van der Waals surface area contributed by atoms with Crippen molar-refractivity contribution in [3.8, 4) is 5.82 Å². The van der Waals surface area contributed by atoms with Crippen LogP contribution in [0.3, 0.4) is 0 Å². The second-order valence-electron chi connectivity index (χ2n) is 5.49. The summed E-state index contributed by atoms with van der Waals surface area (Å²) in [6, 6.07) is 8.96. The van der Waals surface area contributed by atoms with E-state index in [1.54, 1.807) is 24.1 Å². The molecule has 2 aromatic heterocycles. The molecule has 2 N–H and O–H groups in total. The molecule has 0 spiro atoms. The molecule has 3 aromatic rings. The van der Waals surface area contributed by atoms with Gasteiger partial charge in [0.1, 0.15) is 11.6 Å². The van der Waals surface area contributed by atoms with Gasteiger partial charge in [-0.3, -0.25) is 4.99 Å². The molecular weight excluding hydrogens is 338 g/mol. The Bertz CT molecular complexity index is 892. The standard InChI is InChI=1S/C18H18F2N6/c1-21-18(24-12-14-10-15(19)3-4-16(14)20)23-11-13-5-7-22-17(9-13)26-8-2-6-25-26/h2-10H,11-12H2,1H3,(H2,21,23,24). The van der Waals surface area contributed by atoms with Crippen molar-refractivity contribution in [2.24, 2.45) is 4.99 Å². The maximum Gasteiger partial charge on any atom is 0.191 e. The zero-order chi connectivity index (χ0) is 18.4. The third kappa shape index (κ3) is 4.41. The number of aliphatic imine (C=N–C) groups is 1. The SMILES string of the molecule is CN=C(NCc1ccnc(-n2cccn2)c1)NCc1cc(F)ccc1F. The van der Waals surface area contributed by atoms with Crippen LogP contribution in [-0.4, -0.2) is 27.8 Å². The molecule has 1 aromatic carbocycles. The Morgan fingerprint density at radius 1 is 1.12 bits per heavy atom. The van der Waals surface area contributed by atoms with Crippen LogP contribution >= 0.6 is 0 Å². The van der Waals surface area contributed by atoms with E-state index >= 15 is 0 Å². The van der Waals surface area contributed by atoms with Gasteiger partial charge in [0.2, 0.25) is 0 Å². The fourth-order valence-corrected chi connectivity index (χ4v) is 2.36. The van der Waals surface area contributed by atoms with E-state index in [4.69, 9.17) is 0 Å².